The zero-order chi connectivity index (χ0) is 14.6. The number of rotatable bonds is 5. The van der Waals surface area contributed by atoms with Crippen LogP contribution in [0.1, 0.15) is 26.2 Å². The first-order valence-corrected chi connectivity index (χ1v) is 8.56. The van der Waals surface area contributed by atoms with Gasteiger partial charge in [0.15, 0.2) is 0 Å². The van der Waals surface area contributed by atoms with Crippen molar-refractivity contribution >= 4 is 15.7 Å². The normalized spacial score (nSPS) is 18.9. The number of sulfonamides is 1. The Morgan fingerprint density at radius 1 is 1.30 bits per heavy atom. The van der Waals surface area contributed by atoms with Crippen molar-refractivity contribution in [3.05, 3.63) is 24.3 Å². The van der Waals surface area contributed by atoms with Crippen molar-refractivity contribution in [2.45, 2.75) is 37.1 Å². The molecule has 0 spiro atoms. The topological polar surface area (TPSA) is 75.4 Å². The molecule has 1 heterocycles. The van der Waals surface area contributed by atoms with Crippen LogP contribution in [0.25, 0.3) is 0 Å². The molecule has 0 saturated carbocycles. The summed E-state index contributed by atoms with van der Waals surface area (Å²) in [6, 6.07) is 6.26. The van der Waals surface area contributed by atoms with Crippen LogP contribution >= 0.6 is 0 Å². The van der Waals surface area contributed by atoms with Gasteiger partial charge in [-0.3, -0.25) is 0 Å². The highest BCUT2D eigenvalue weighted by Gasteiger charge is 2.20. The molecule has 1 unspecified atom stereocenters. The van der Waals surface area contributed by atoms with E-state index >= 15 is 0 Å². The highest BCUT2D eigenvalue weighted by atomic mass is 32.2. The van der Waals surface area contributed by atoms with Crippen molar-refractivity contribution < 1.29 is 8.42 Å². The Morgan fingerprint density at radius 3 is 2.65 bits per heavy atom. The van der Waals surface area contributed by atoms with Crippen LogP contribution in [-0.2, 0) is 10.0 Å². The van der Waals surface area contributed by atoms with Gasteiger partial charge in [-0.1, -0.05) is 12.5 Å². The van der Waals surface area contributed by atoms with E-state index in [0.29, 0.717) is 5.69 Å². The number of hydrogen-bond donors (Lipinski definition) is 2. The largest absolute Gasteiger partial charge is 0.399 e. The number of anilines is 1. The Bertz CT molecular complexity index is 539. The Labute approximate surface area is 121 Å². The first-order chi connectivity index (χ1) is 9.47. The summed E-state index contributed by atoms with van der Waals surface area (Å²) in [7, 11) is -3.49. The van der Waals surface area contributed by atoms with E-state index < -0.39 is 10.0 Å². The van der Waals surface area contributed by atoms with E-state index in [4.69, 9.17) is 5.73 Å². The Balaban J connectivity index is 1.97. The molecule has 1 atom stereocenters. The van der Waals surface area contributed by atoms with E-state index in [0.717, 1.165) is 19.6 Å². The first kappa shape index (κ1) is 15.3. The molecule has 0 bridgehead atoms. The van der Waals surface area contributed by atoms with Gasteiger partial charge < -0.3 is 10.6 Å². The average Bonchev–Trinajstić information content (AvgIpc) is 2.39. The molecule has 0 aliphatic carbocycles. The third-order valence-corrected chi connectivity index (χ3v) is 5.09. The first-order valence-electron chi connectivity index (χ1n) is 7.07. The number of benzene rings is 1. The van der Waals surface area contributed by atoms with E-state index in [-0.39, 0.29) is 10.9 Å². The lowest BCUT2D eigenvalue weighted by Crippen LogP contribution is -2.43. The van der Waals surface area contributed by atoms with Crippen LogP contribution in [0.3, 0.4) is 0 Å². The van der Waals surface area contributed by atoms with Crippen molar-refractivity contribution in [3.8, 4) is 0 Å². The molecule has 1 aromatic carbocycles. The van der Waals surface area contributed by atoms with Crippen molar-refractivity contribution in [1.29, 1.82) is 0 Å². The van der Waals surface area contributed by atoms with Crippen LogP contribution in [0.4, 0.5) is 5.69 Å². The summed E-state index contributed by atoms with van der Waals surface area (Å²) in [5.41, 5.74) is 6.09. The molecule has 1 aliphatic heterocycles. The van der Waals surface area contributed by atoms with E-state index in [1.807, 2.05) is 6.92 Å². The van der Waals surface area contributed by atoms with Crippen LogP contribution in [0.5, 0.6) is 0 Å². The fourth-order valence-corrected chi connectivity index (χ4v) is 3.87. The van der Waals surface area contributed by atoms with Crippen LogP contribution in [0, 0.1) is 0 Å². The number of piperidine rings is 1. The minimum Gasteiger partial charge on any atom is -0.399 e. The minimum atomic E-state index is -3.49. The number of nitrogen functional groups attached to an aromatic ring is 1. The zero-order valence-electron chi connectivity index (χ0n) is 11.9. The summed E-state index contributed by atoms with van der Waals surface area (Å²) in [5.74, 6) is 0. The van der Waals surface area contributed by atoms with Gasteiger partial charge in [0.25, 0.3) is 0 Å². The predicted molar refractivity (Wildman–Crippen MR) is 80.9 cm³/mol. The van der Waals surface area contributed by atoms with Crippen molar-refractivity contribution in [2.75, 3.05) is 25.4 Å². The lowest BCUT2D eigenvalue weighted by Gasteiger charge is -2.29. The SMILES string of the molecule is CC(CN1CCCCC1)NS(=O)(=O)c1cccc(N)c1. The maximum Gasteiger partial charge on any atom is 0.240 e. The van der Waals surface area contributed by atoms with Crippen LogP contribution < -0.4 is 10.5 Å². The third-order valence-electron chi connectivity index (χ3n) is 3.51. The Hall–Kier alpha value is -1.11. The van der Waals surface area contributed by atoms with Gasteiger partial charge in [-0.2, -0.15) is 0 Å². The second-order valence-electron chi connectivity index (χ2n) is 5.46. The van der Waals surface area contributed by atoms with Gasteiger partial charge >= 0.3 is 0 Å². The monoisotopic (exact) mass is 297 g/mol. The Morgan fingerprint density at radius 2 is 2.00 bits per heavy atom. The summed E-state index contributed by atoms with van der Waals surface area (Å²) < 4.78 is 27.2. The van der Waals surface area contributed by atoms with Crippen molar-refractivity contribution in [3.63, 3.8) is 0 Å². The number of nitrogens with two attached hydrogens (primary N) is 1. The van der Waals surface area contributed by atoms with E-state index in [9.17, 15) is 8.42 Å². The Kier molecular flexibility index (Phi) is 5.01. The summed E-state index contributed by atoms with van der Waals surface area (Å²) >= 11 is 0. The smallest absolute Gasteiger partial charge is 0.240 e. The molecular formula is C14H23N3O2S. The molecule has 1 aliphatic rings. The van der Waals surface area contributed by atoms with Crippen LogP contribution in [0.2, 0.25) is 0 Å². The predicted octanol–water partition coefficient (Wildman–Crippen LogP) is 1.42. The van der Waals surface area contributed by atoms with Gasteiger partial charge in [0, 0.05) is 18.3 Å². The quantitative estimate of drug-likeness (QED) is 0.806. The van der Waals surface area contributed by atoms with Crippen LogP contribution in [0.15, 0.2) is 29.2 Å². The molecule has 1 saturated heterocycles. The number of nitrogens with one attached hydrogen (secondary N) is 1. The molecule has 20 heavy (non-hydrogen) atoms. The number of hydrogen-bond acceptors (Lipinski definition) is 4. The van der Waals surface area contributed by atoms with Crippen molar-refractivity contribution in [1.82, 2.24) is 9.62 Å². The highest BCUT2D eigenvalue weighted by Crippen LogP contribution is 2.14. The zero-order valence-corrected chi connectivity index (χ0v) is 12.7. The van der Waals surface area contributed by atoms with E-state index in [1.54, 1.807) is 18.2 Å². The molecule has 0 aromatic heterocycles. The van der Waals surface area contributed by atoms with E-state index in [1.165, 1.54) is 25.3 Å². The maximum atomic E-state index is 12.3. The van der Waals surface area contributed by atoms with Gasteiger partial charge in [-0.05, 0) is 51.1 Å². The second kappa shape index (κ2) is 6.56. The van der Waals surface area contributed by atoms with Gasteiger partial charge in [0.1, 0.15) is 0 Å². The molecule has 3 N–H and O–H groups in total. The number of nitrogens with zero attached hydrogens (tertiary/aromatic N) is 1. The lowest BCUT2D eigenvalue weighted by molar-refractivity contribution is 0.215. The molecule has 1 aromatic rings. The molecule has 112 valence electrons. The number of likely N-dealkylation sites (tertiary alicyclic amines) is 1. The third kappa shape index (κ3) is 4.19. The molecular weight excluding hydrogens is 274 g/mol. The molecule has 1 fully saturated rings. The second-order valence-corrected chi connectivity index (χ2v) is 7.17. The van der Waals surface area contributed by atoms with Gasteiger partial charge in [0.2, 0.25) is 10.0 Å². The highest BCUT2D eigenvalue weighted by molar-refractivity contribution is 7.89. The summed E-state index contributed by atoms with van der Waals surface area (Å²) in [5, 5.41) is 0. The van der Waals surface area contributed by atoms with E-state index in [2.05, 4.69) is 9.62 Å². The van der Waals surface area contributed by atoms with Gasteiger partial charge in [-0.25, -0.2) is 13.1 Å². The summed E-state index contributed by atoms with van der Waals surface area (Å²) in [6.45, 7) is 4.77. The van der Waals surface area contributed by atoms with Crippen LogP contribution in [-0.4, -0.2) is 39.0 Å². The maximum absolute atomic E-state index is 12.3. The standard InChI is InChI=1S/C14H23N3O2S/c1-12(11-17-8-3-2-4-9-17)16-20(18,19)14-7-5-6-13(15)10-14/h5-7,10,12,16H,2-4,8-9,11,15H2,1H3. The fourth-order valence-electron chi connectivity index (χ4n) is 2.58. The minimum absolute atomic E-state index is 0.112. The van der Waals surface area contributed by atoms with Gasteiger partial charge in [-0.15, -0.1) is 0 Å². The molecule has 6 heteroatoms. The summed E-state index contributed by atoms with van der Waals surface area (Å²) in [6.07, 6.45) is 3.68. The molecule has 5 nitrogen and oxygen atoms in total. The molecule has 0 radical (unpaired) electrons. The molecule has 0 amide bonds. The lowest BCUT2D eigenvalue weighted by atomic mass is 10.1. The fraction of sp³-hybridized carbons (Fsp3) is 0.571. The van der Waals surface area contributed by atoms with Crippen molar-refractivity contribution in [2.24, 2.45) is 0 Å². The van der Waals surface area contributed by atoms with Gasteiger partial charge in [0.05, 0.1) is 4.90 Å². The summed E-state index contributed by atoms with van der Waals surface area (Å²) in [4.78, 5) is 2.54. The average molecular weight is 297 g/mol. The molecule has 2 rings (SSSR count).